The van der Waals surface area contributed by atoms with Crippen LogP contribution >= 0.6 is 0 Å². The van der Waals surface area contributed by atoms with Crippen LogP contribution in [0.4, 0.5) is 4.39 Å². The van der Waals surface area contributed by atoms with Crippen LogP contribution in [0.15, 0.2) is 33.7 Å². The molecule has 7 nitrogen and oxygen atoms in total. The van der Waals surface area contributed by atoms with Gasteiger partial charge in [0.25, 0.3) is 0 Å². The summed E-state index contributed by atoms with van der Waals surface area (Å²) in [6.07, 6.45) is 5.07. The van der Waals surface area contributed by atoms with Crippen molar-refractivity contribution in [3.05, 3.63) is 41.8 Å². The van der Waals surface area contributed by atoms with Crippen LogP contribution in [0.25, 0.3) is 0 Å². The number of rotatable bonds is 6. The molecular weight excluding hydrogens is 397 g/mol. The summed E-state index contributed by atoms with van der Waals surface area (Å²) in [5, 5.41) is 4.11. The Morgan fingerprint density at radius 3 is 2.66 bits per heavy atom. The molecular formula is C20H26FN3O4S. The second-order valence-electron chi connectivity index (χ2n) is 7.80. The zero-order valence-electron chi connectivity index (χ0n) is 16.3. The van der Waals surface area contributed by atoms with E-state index in [4.69, 9.17) is 9.26 Å². The van der Waals surface area contributed by atoms with Crippen molar-refractivity contribution in [3.63, 3.8) is 0 Å². The van der Waals surface area contributed by atoms with Gasteiger partial charge in [-0.25, -0.2) is 12.8 Å². The summed E-state index contributed by atoms with van der Waals surface area (Å²) in [5.41, 5.74) is 0. The summed E-state index contributed by atoms with van der Waals surface area (Å²) < 4.78 is 51.1. The lowest BCUT2D eigenvalue weighted by Crippen LogP contribution is -2.40. The van der Waals surface area contributed by atoms with E-state index in [0.29, 0.717) is 31.2 Å². The van der Waals surface area contributed by atoms with Crippen LogP contribution < -0.4 is 0 Å². The van der Waals surface area contributed by atoms with Gasteiger partial charge >= 0.3 is 0 Å². The summed E-state index contributed by atoms with van der Waals surface area (Å²) >= 11 is 0. The van der Waals surface area contributed by atoms with E-state index in [0.717, 1.165) is 45.3 Å². The third-order valence-corrected chi connectivity index (χ3v) is 7.64. The quantitative estimate of drug-likeness (QED) is 0.710. The van der Waals surface area contributed by atoms with E-state index in [1.54, 1.807) is 0 Å². The molecule has 2 aliphatic rings. The van der Waals surface area contributed by atoms with Gasteiger partial charge in [0, 0.05) is 38.6 Å². The Bertz CT molecular complexity index is 910. The topological polar surface area (TPSA) is 85.5 Å². The van der Waals surface area contributed by atoms with Gasteiger partial charge in [-0.2, -0.15) is 9.29 Å². The molecule has 0 radical (unpaired) electrons. The van der Waals surface area contributed by atoms with Crippen molar-refractivity contribution in [1.82, 2.24) is 14.4 Å². The van der Waals surface area contributed by atoms with Gasteiger partial charge in [-0.1, -0.05) is 5.16 Å². The van der Waals surface area contributed by atoms with Crippen LogP contribution in [0.5, 0.6) is 0 Å². The van der Waals surface area contributed by atoms with Crippen molar-refractivity contribution in [1.29, 1.82) is 0 Å². The minimum absolute atomic E-state index is 0.138. The van der Waals surface area contributed by atoms with Crippen molar-refractivity contribution in [3.8, 4) is 0 Å². The largest absolute Gasteiger partial charge is 0.381 e. The van der Waals surface area contributed by atoms with Crippen molar-refractivity contribution in [2.45, 2.75) is 49.3 Å². The van der Waals surface area contributed by atoms with Crippen LogP contribution in [0.2, 0.25) is 0 Å². The minimum Gasteiger partial charge on any atom is -0.381 e. The first-order valence-corrected chi connectivity index (χ1v) is 11.6. The van der Waals surface area contributed by atoms with Gasteiger partial charge in [0.1, 0.15) is 5.82 Å². The number of benzene rings is 1. The number of hydrogen-bond acceptors (Lipinski definition) is 6. The molecule has 2 fully saturated rings. The Hall–Kier alpha value is -1.84. The average molecular weight is 424 g/mol. The molecule has 0 saturated carbocycles. The van der Waals surface area contributed by atoms with E-state index in [9.17, 15) is 12.8 Å². The van der Waals surface area contributed by atoms with Crippen LogP contribution in [0.1, 0.15) is 49.7 Å². The molecule has 2 saturated heterocycles. The fourth-order valence-corrected chi connectivity index (χ4v) is 5.60. The molecule has 1 aromatic heterocycles. The lowest BCUT2D eigenvalue weighted by molar-refractivity contribution is 0.0778. The molecule has 2 aromatic rings. The molecule has 158 valence electrons. The van der Waals surface area contributed by atoms with Crippen LogP contribution in [-0.4, -0.2) is 49.2 Å². The average Bonchev–Trinajstić information content (AvgIpc) is 3.23. The van der Waals surface area contributed by atoms with Gasteiger partial charge in [0.2, 0.25) is 15.9 Å². The summed E-state index contributed by atoms with van der Waals surface area (Å²) in [6.45, 7) is 2.41. The Morgan fingerprint density at radius 1 is 1.14 bits per heavy atom. The number of aromatic nitrogens is 2. The SMILES string of the molecule is O=S(=O)(c1ccc(F)cc1)N1CCCC(CCc2noc(C3CCOCC3)n2)C1. The number of hydrogen-bond donors (Lipinski definition) is 0. The Kier molecular flexibility index (Phi) is 6.26. The Balaban J connectivity index is 1.34. The maximum Gasteiger partial charge on any atom is 0.243 e. The number of nitrogens with zero attached hydrogens (tertiary/aromatic N) is 3. The standard InChI is InChI=1S/C20H26FN3O4S/c21-17-4-6-18(7-5-17)29(25,26)24-11-1-2-15(14-24)3-8-19-22-20(28-23-19)16-9-12-27-13-10-16/h4-7,15-16H,1-3,8-14H2. The molecule has 2 aliphatic heterocycles. The summed E-state index contributed by atoms with van der Waals surface area (Å²) in [7, 11) is -3.60. The van der Waals surface area contributed by atoms with Gasteiger partial charge in [0.05, 0.1) is 4.90 Å². The number of sulfonamides is 1. The first kappa shape index (κ1) is 20.4. The molecule has 0 bridgehead atoms. The first-order chi connectivity index (χ1) is 14.0. The van der Waals surface area contributed by atoms with Gasteiger partial charge in [-0.05, 0) is 62.3 Å². The van der Waals surface area contributed by atoms with E-state index in [1.165, 1.54) is 28.6 Å². The monoisotopic (exact) mass is 423 g/mol. The van der Waals surface area contributed by atoms with E-state index in [2.05, 4.69) is 10.1 Å². The molecule has 0 N–H and O–H groups in total. The van der Waals surface area contributed by atoms with Gasteiger partial charge in [-0.15, -0.1) is 0 Å². The van der Waals surface area contributed by atoms with Gasteiger partial charge < -0.3 is 9.26 Å². The molecule has 0 aliphatic carbocycles. The van der Waals surface area contributed by atoms with Crippen LogP contribution in [-0.2, 0) is 21.2 Å². The maximum absolute atomic E-state index is 13.1. The molecule has 29 heavy (non-hydrogen) atoms. The van der Waals surface area contributed by atoms with E-state index in [1.807, 2.05) is 0 Å². The molecule has 9 heteroatoms. The third kappa shape index (κ3) is 4.84. The molecule has 4 rings (SSSR count). The Labute approximate surface area is 170 Å². The zero-order valence-corrected chi connectivity index (χ0v) is 17.1. The van der Waals surface area contributed by atoms with Crippen molar-refractivity contribution >= 4 is 10.0 Å². The van der Waals surface area contributed by atoms with Crippen LogP contribution in [0.3, 0.4) is 0 Å². The van der Waals surface area contributed by atoms with Crippen molar-refractivity contribution in [2.75, 3.05) is 26.3 Å². The zero-order chi connectivity index (χ0) is 20.3. The normalized spacial score (nSPS) is 22.0. The lowest BCUT2D eigenvalue weighted by Gasteiger charge is -2.31. The van der Waals surface area contributed by atoms with Crippen molar-refractivity contribution < 1.29 is 22.1 Å². The molecule has 1 atom stereocenters. The summed E-state index contributed by atoms with van der Waals surface area (Å²) in [6, 6.07) is 5.01. The molecule has 3 heterocycles. The Morgan fingerprint density at radius 2 is 1.90 bits per heavy atom. The van der Waals surface area contributed by atoms with Gasteiger partial charge in [0.15, 0.2) is 5.82 Å². The summed E-state index contributed by atoms with van der Waals surface area (Å²) in [5.74, 6) is 1.44. The predicted octanol–water partition coefficient (Wildman–Crippen LogP) is 3.14. The molecule has 1 unspecified atom stereocenters. The van der Waals surface area contributed by atoms with Gasteiger partial charge in [-0.3, -0.25) is 0 Å². The second-order valence-corrected chi connectivity index (χ2v) is 9.74. The molecule has 0 amide bonds. The lowest BCUT2D eigenvalue weighted by atomic mass is 9.94. The maximum atomic E-state index is 13.1. The third-order valence-electron chi connectivity index (χ3n) is 5.76. The van der Waals surface area contributed by atoms with E-state index >= 15 is 0 Å². The van der Waals surface area contributed by atoms with E-state index < -0.39 is 15.8 Å². The predicted molar refractivity (Wildman–Crippen MR) is 103 cm³/mol. The highest BCUT2D eigenvalue weighted by molar-refractivity contribution is 7.89. The minimum atomic E-state index is -3.60. The number of halogens is 1. The number of ether oxygens (including phenoxy) is 1. The summed E-state index contributed by atoms with van der Waals surface area (Å²) in [4.78, 5) is 4.68. The van der Waals surface area contributed by atoms with Crippen molar-refractivity contribution in [2.24, 2.45) is 5.92 Å². The number of piperidine rings is 1. The highest BCUT2D eigenvalue weighted by Crippen LogP contribution is 2.28. The highest BCUT2D eigenvalue weighted by atomic mass is 32.2. The smallest absolute Gasteiger partial charge is 0.243 e. The fraction of sp³-hybridized carbons (Fsp3) is 0.600. The molecule has 1 aromatic carbocycles. The second kappa shape index (κ2) is 8.89. The number of aryl methyl sites for hydroxylation is 1. The van der Waals surface area contributed by atoms with E-state index in [-0.39, 0.29) is 16.7 Å². The highest BCUT2D eigenvalue weighted by Gasteiger charge is 2.30. The first-order valence-electron chi connectivity index (χ1n) is 10.2. The fourth-order valence-electron chi connectivity index (χ4n) is 4.05. The van der Waals surface area contributed by atoms with Crippen LogP contribution in [0, 0.1) is 11.7 Å². The molecule has 0 spiro atoms.